The van der Waals surface area contributed by atoms with Gasteiger partial charge in [0.25, 0.3) is 0 Å². The summed E-state index contributed by atoms with van der Waals surface area (Å²) in [6, 6.07) is 15.6. The molecular formula is C15H13NO. The van der Waals surface area contributed by atoms with E-state index in [4.69, 9.17) is 0 Å². The lowest BCUT2D eigenvalue weighted by Crippen LogP contribution is -2.08. The zero-order valence-electron chi connectivity index (χ0n) is 9.68. The van der Waals surface area contributed by atoms with E-state index < -0.39 is 0 Å². The molecule has 0 saturated carbocycles. The molecule has 0 unspecified atom stereocenters. The van der Waals surface area contributed by atoms with Crippen molar-refractivity contribution >= 4 is 10.9 Å². The molecule has 1 aromatic carbocycles. The van der Waals surface area contributed by atoms with Crippen LogP contribution in [0.25, 0.3) is 22.2 Å². The molecule has 1 heterocycles. The summed E-state index contributed by atoms with van der Waals surface area (Å²) in [4.78, 5) is 11.5. The Balaban J connectivity index is 2.55. The number of para-hydroxylation sites is 1. The minimum absolute atomic E-state index is 0.0648. The molecule has 0 radical (unpaired) electrons. The molecule has 0 amide bonds. The van der Waals surface area contributed by atoms with Crippen LogP contribution in [0.3, 0.4) is 0 Å². The Morgan fingerprint density at radius 2 is 1.88 bits per heavy atom. The van der Waals surface area contributed by atoms with Crippen LogP contribution in [0.5, 0.6) is 0 Å². The van der Waals surface area contributed by atoms with Gasteiger partial charge in [-0.3, -0.25) is 4.79 Å². The Morgan fingerprint density at radius 1 is 1.06 bits per heavy atom. The maximum atomic E-state index is 11.5. The van der Waals surface area contributed by atoms with Crippen molar-refractivity contribution in [1.29, 1.82) is 0 Å². The van der Waals surface area contributed by atoms with Crippen molar-refractivity contribution < 1.29 is 0 Å². The van der Waals surface area contributed by atoms with Gasteiger partial charge in [-0.1, -0.05) is 18.2 Å². The molecule has 1 aromatic rings. The van der Waals surface area contributed by atoms with Crippen molar-refractivity contribution in [2.24, 2.45) is 0 Å². The maximum absolute atomic E-state index is 11.5. The third-order valence-corrected chi connectivity index (χ3v) is 3.15. The van der Waals surface area contributed by atoms with Gasteiger partial charge in [-0.2, -0.15) is 0 Å². The van der Waals surface area contributed by atoms with Gasteiger partial charge in [-0.15, -0.1) is 0 Å². The van der Waals surface area contributed by atoms with Gasteiger partial charge in [-0.25, -0.2) is 0 Å². The molecule has 2 nitrogen and oxygen atoms in total. The standard InChI is InChI=1S/C15H13NO/c1-2-16-14-6-4-3-5-11(14)9-12-7-8-13(17)10-15(12)16/h3-10H,2H2,1H3. The van der Waals surface area contributed by atoms with Crippen molar-refractivity contribution in [3.8, 4) is 11.3 Å². The third-order valence-electron chi connectivity index (χ3n) is 3.15. The van der Waals surface area contributed by atoms with E-state index in [9.17, 15) is 4.79 Å². The predicted octanol–water partition coefficient (Wildman–Crippen LogP) is 3.13. The first kappa shape index (κ1) is 10.1. The van der Waals surface area contributed by atoms with E-state index >= 15 is 0 Å². The van der Waals surface area contributed by atoms with Gasteiger partial charge >= 0.3 is 0 Å². The number of pyridine rings is 1. The number of nitrogens with zero attached hydrogens (tertiary/aromatic N) is 1. The fraction of sp³-hybridized carbons (Fsp3) is 0.133. The summed E-state index contributed by atoms with van der Waals surface area (Å²) < 4.78 is 2.19. The molecule has 84 valence electrons. The molecule has 0 N–H and O–H groups in total. The number of benzene rings is 2. The quantitative estimate of drug-likeness (QED) is 0.581. The van der Waals surface area contributed by atoms with Gasteiger partial charge in [0.05, 0.1) is 5.69 Å². The second-order valence-electron chi connectivity index (χ2n) is 4.17. The monoisotopic (exact) mass is 223 g/mol. The van der Waals surface area contributed by atoms with Crippen LogP contribution < -0.4 is 5.43 Å². The number of fused-ring (bicyclic) bond motifs is 2. The van der Waals surface area contributed by atoms with Gasteiger partial charge in [-0.05, 0) is 42.1 Å². The highest BCUT2D eigenvalue weighted by Crippen LogP contribution is 2.26. The highest BCUT2D eigenvalue weighted by molar-refractivity contribution is 5.86. The molecule has 2 heteroatoms. The van der Waals surface area contributed by atoms with Crippen molar-refractivity contribution in [2.45, 2.75) is 13.5 Å². The highest BCUT2D eigenvalue weighted by atomic mass is 16.1. The fourth-order valence-electron chi connectivity index (χ4n) is 2.37. The van der Waals surface area contributed by atoms with Crippen LogP contribution in [0.15, 0.2) is 53.3 Å². The lowest BCUT2D eigenvalue weighted by Gasteiger charge is -2.17. The van der Waals surface area contributed by atoms with Crippen LogP contribution in [-0.2, 0) is 6.54 Å². The van der Waals surface area contributed by atoms with Crippen LogP contribution in [0.4, 0.5) is 0 Å². The Hall–Kier alpha value is -2.09. The molecule has 1 aliphatic heterocycles. The zero-order chi connectivity index (χ0) is 11.8. The van der Waals surface area contributed by atoms with E-state index in [1.807, 2.05) is 18.2 Å². The van der Waals surface area contributed by atoms with E-state index in [0.717, 1.165) is 17.8 Å². The highest BCUT2D eigenvalue weighted by Gasteiger charge is 2.09. The second-order valence-corrected chi connectivity index (χ2v) is 4.17. The van der Waals surface area contributed by atoms with Gasteiger partial charge < -0.3 is 4.57 Å². The summed E-state index contributed by atoms with van der Waals surface area (Å²) in [5.41, 5.74) is 3.37. The van der Waals surface area contributed by atoms with Crippen molar-refractivity contribution in [1.82, 2.24) is 4.57 Å². The first-order valence-corrected chi connectivity index (χ1v) is 5.82. The van der Waals surface area contributed by atoms with Crippen LogP contribution in [0.1, 0.15) is 6.92 Å². The lowest BCUT2D eigenvalue weighted by molar-refractivity contribution is 0.796. The number of aryl methyl sites for hydroxylation is 1. The predicted molar refractivity (Wildman–Crippen MR) is 70.5 cm³/mol. The lowest BCUT2D eigenvalue weighted by atomic mass is 10.0. The molecule has 0 spiro atoms. The van der Waals surface area contributed by atoms with Crippen LogP contribution in [-0.4, -0.2) is 4.57 Å². The SMILES string of the molecule is CCn1c2cc(=O)ccc-2cc2ccccc21. The molecular weight excluding hydrogens is 210 g/mol. The van der Waals surface area contributed by atoms with Crippen LogP contribution in [0.2, 0.25) is 0 Å². The first-order valence-electron chi connectivity index (χ1n) is 5.82. The van der Waals surface area contributed by atoms with Crippen LogP contribution in [0, 0.1) is 0 Å². The van der Waals surface area contributed by atoms with Gasteiger partial charge in [0.2, 0.25) is 0 Å². The maximum Gasteiger partial charge on any atom is 0.180 e. The average Bonchev–Trinajstić information content (AvgIpc) is 2.36. The summed E-state index contributed by atoms with van der Waals surface area (Å²) >= 11 is 0. The van der Waals surface area contributed by atoms with Crippen LogP contribution >= 0.6 is 0 Å². The molecule has 0 fully saturated rings. The van der Waals surface area contributed by atoms with Gasteiger partial charge in [0.1, 0.15) is 0 Å². The van der Waals surface area contributed by atoms with Gasteiger partial charge in [0.15, 0.2) is 5.43 Å². The van der Waals surface area contributed by atoms with Gasteiger partial charge in [0, 0.05) is 18.1 Å². The van der Waals surface area contributed by atoms with E-state index in [0.29, 0.717) is 0 Å². The summed E-state index contributed by atoms with van der Waals surface area (Å²) in [6.07, 6.45) is 0. The Labute approximate surface area is 99.5 Å². The molecule has 1 aliphatic carbocycles. The molecule has 0 bridgehead atoms. The Bertz CT molecular complexity index is 712. The normalized spacial score (nSPS) is 11.1. The number of hydrogen-bond donors (Lipinski definition) is 0. The van der Waals surface area contributed by atoms with E-state index in [1.165, 1.54) is 10.9 Å². The van der Waals surface area contributed by atoms with Crippen molar-refractivity contribution in [3.63, 3.8) is 0 Å². The largest absolute Gasteiger partial charge is 0.341 e. The van der Waals surface area contributed by atoms with Crippen molar-refractivity contribution in [2.75, 3.05) is 0 Å². The summed E-state index contributed by atoms with van der Waals surface area (Å²) in [5, 5.41) is 1.21. The topological polar surface area (TPSA) is 22.0 Å². The average molecular weight is 223 g/mol. The summed E-state index contributed by atoms with van der Waals surface area (Å²) in [6.45, 7) is 2.96. The second kappa shape index (κ2) is 3.74. The molecule has 3 rings (SSSR count). The Morgan fingerprint density at radius 3 is 2.71 bits per heavy atom. The smallest absolute Gasteiger partial charge is 0.180 e. The fourth-order valence-corrected chi connectivity index (χ4v) is 2.37. The third kappa shape index (κ3) is 1.53. The molecule has 0 saturated heterocycles. The van der Waals surface area contributed by atoms with E-state index in [1.54, 1.807) is 12.1 Å². The molecule has 0 aromatic heterocycles. The number of hydrogen-bond acceptors (Lipinski definition) is 1. The molecule has 0 atom stereocenters. The van der Waals surface area contributed by atoms with E-state index in [2.05, 4.69) is 29.7 Å². The van der Waals surface area contributed by atoms with E-state index in [-0.39, 0.29) is 5.43 Å². The molecule has 2 aliphatic rings. The summed E-state index contributed by atoms with van der Waals surface area (Å²) in [5.74, 6) is 0. The first-order chi connectivity index (χ1) is 8.29. The van der Waals surface area contributed by atoms with Crippen molar-refractivity contribution in [3.05, 3.63) is 58.8 Å². The molecule has 17 heavy (non-hydrogen) atoms. The Kier molecular flexibility index (Phi) is 2.22. The number of aromatic nitrogens is 1. The number of rotatable bonds is 1. The minimum Gasteiger partial charge on any atom is -0.341 e. The zero-order valence-corrected chi connectivity index (χ0v) is 9.68. The summed E-state index contributed by atoms with van der Waals surface area (Å²) in [7, 11) is 0. The minimum atomic E-state index is 0.0648.